The molecule has 0 aromatic heterocycles. The number of ether oxygens (including phenoxy) is 1. The molecule has 19 heavy (non-hydrogen) atoms. The summed E-state index contributed by atoms with van der Waals surface area (Å²) in [6.07, 6.45) is 0.395. The number of carboxylic acids is 1. The quantitative estimate of drug-likeness (QED) is 0.830. The van der Waals surface area contributed by atoms with Crippen LogP contribution in [0, 0.1) is 13.8 Å². The molecule has 1 aromatic carbocycles. The van der Waals surface area contributed by atoms with Crippen LogP contribution in [0.4, 0.5) is 0 Å². The molecule has 0 saturated heterocycles. The van der Waals surface area contributed by atoms with Crippen molar-refractivity contribution in [1.29, 1.82) is 0 Å². The maximum Gasteiger partial charge on any atom is 0.320 e. The van der Waals surface area contributed by atoms with Crippen LogP contribution in [-0.4, -0.2) is 29.8 Å². The normalized spacial score (nSPS) is 13.1. The number of carbonyl (C=O) groups is 1. The molecular formula is C15H23NO3. The van der Waals surface area contributed by atoms with E-state index >= 15 is 0 Å². The minimum atomic E-state index is -0.861. The lowest BCUT2D eigenvalue weighted by Gasteiger charge is -2.29. The second-order valence-electron chi connectivity index (χ2n) is 5.57. The first kappa shape index (κ1) is 15.5. The van der Waals surface area contributed by atoms with E-state index in [2.05, 4.69) is 11.4 Å². The Balaban J connectivity index is 2.80. The van der Waals surface area contributed by atoms with Crippen molar-refractivity contribution in [1.82, 2.24) is 5.32 Å². The zero-order valence-electron chi connectivity index (χ0n) is 12.3. The molecule has 0 heterocycles. The van der Waals surface area contributed by atoms with Crippen molar-refractivity contribution in [3.63, 3.8) is 0 Å². The van der Waals surface area contributed by atoms with Gasteiger partial charge < -0.3 is 15.2 Å². The van der Waals surface area contributed by atoms with Gasteiger partial charge in [0.1, 0.15) is 17.4 Å². The van der Waals surface area contributed by atoms with E-state index < -0.39 is 17.6 Å². The van der Waals surface area contributed by atoms with Crippen LogP contribution < -0.4 is 10.1 Å². The molecule has 1 unspecified atom stereocenters. The highest BCUT2D eigenvalue weighted by Crippen LogP contribution is 2.24. The number of rotatable bonds is 6. The summed E-state index contributed by atoms with van der Waals surface area (Å²) >= 11 is 0. The second-order valence-corrected chi connectivity index (χ2v) is 5.57. The van der Waals surface area contributed by atoms with Gasteiger partial charge in [-0.2, -0.15) is 0 Å². The number of aryl methyl sites for hydroxylation is 2. The summed E-state index contributed by atoms with van der Waals surface area (Å²) in [6.45, 7) is 7.83. The number of hydrogen-bond donors (Lipinski definition) is 2. The number of nitrogens with one attached hydrogen (secondary N) is 1. The van der Waals surface area contributed by atoms with Gasteiger partial charge in [0.2, 0.25) is 0 Å². The molecule has 0 radical (unpaired) electrons. The van der Waals surface area contributed by atoms with Gasteiger partial charge in [-0.1, -0.05) is 6.07 Å². The molecule has 1 atom stereocenters. The highest BCUT2D eigenvalue weighted by atomic mass is 16.5. The van der Waals surface area contributed by atoms with Crippen LogP contribution in [0.15, 0.2) is 18.2 Å². The zero-order valence-corrected chi connectivity index (χ0v) is 12.3. The maximum atomic E-state index is 11.1. The number of benzene rings is 1. The molecule has 106 valence electrons. The SMILES string of the molecule is CNC(CC(C)(C)Oc1cc(C)cc(C)c1)C(=O)O. The van der Waals surface area contributed by atoms with E-state index in [1.807, 2.05) is 39.8 Å². The Hall–Kier alpha value is -1.55. The average molecular weight is 265 g/mol. The standard InChI is InChI=1S/C15H23NO3/c1-10-6-11(2)8-12(7-10)19-15(3,4)9-13(16-5)14(17)18/h6-8,13,16H,9H2,1-5H3,(H,17,18). The maximum absolute atomic E-state index is 11.1. The van der Waals surface area contributed by atoms with E-state index in [4.69, 9.17) is 9.84 Å². The fourth-order valence-corrected chi connectivity index (χ4v) is 2.16. The summed E-state index contributed by atoms with van der Waals surface area (Å²) < 4.78 is 5.94. The fourth-order valence-electron chi connectivity index (χ4n) is 2.16. The van der Waals surface area contributed by atoms with Crippen molar-refractivity contribution in [3.8, 4) is 5.75 Å². The molecule has 0 spiro atoms. The Labute approximate surface area is 114 Å². The molecular weight excluding hydrogens is 242 g/mol. The Kier molecular flexibility index (Phi) is 4.95. The third-order valence-corrected chi connectivity index (χ3v) is 2.93. The van der Waals surface area contributed by atoms with Crippen molar-refractivity contribution >= 4 is 5.97 Å². The summed E-state index contributed by atoms with van der Waals surface area (Å²) in [7, 11) is 1.64. The molecule has 0 amide bonds. The summed E-state index contributed by atoms with van der Waals surface area (Å²) in [5, 5.41) is 11.9. The van der Waals surface area contributed by atoms with E-state index in [1.54, 1.807) is 7.05 Å². The molecule has 4 heteroatoms. The molecule has 0 aliphatic rings. The fraction of sp³-hybridized carbons (Fsp3) is 0.533. The van der Waals surface area contributed by atoms with Crippen molar-refractivity contribution in [3.05, 3.63) is 29.3 Å². The Morgan fingerprint density at radius 3 is 2.26 bits per heavy atom. The monoisotopic (exact) mass is 265 g/mol. The minimum Gasteiger partial charge on any atom is -0.488 e. The van der Waals surface area contributed by atoms with E-state index in [9.17, 15) is 4.79 Å². The summed E-state index contributed by atoms with van der Waals surface area (Å²) in [5.41, 5.74) is 1.72. The van der Waals surface area contributed by atoms with Gasteiger partial charge in [0.25, 0.3) is 0 Å². The first-order valence-electron chi connectivity index (χ1n) is 6.41. The first-order valence-corrected chi connectivity index (χ1v) is 6.41. The van der Waals surface area contributed by atoms with Gasteiger partial charge in [-0.3, -0.25) is 4.79 Å². The molecule has 2 N–H and O–H groups in total. The van der Waals surface area contributed by atoms with Crippen molar-refractivity contribution in [2.24, 2.45) is 0 Å². The summed E-state index contributed by atoms with van der Waals surface area (Å²) in [5.74, 6) is -0.0812. The van der Waals surface area contributed by atoms with Crippen LogP contribution in [0.1, 0.15) is 31.4 Å². The number of aliphatic carboxylic acids is 1. The highest BCUT2D eigenvalue weighted by Gasteiger charge is 2.28. The molecule has 0 aliphatic heterocycles. The lowest BCUT2D eigenvalue weighted by atomic mass is 9.98. The number of carboxylic acid groups (broad SMARTS) is 1. The van der Waals surface area contributed by atoms with E-state index in [0.717, 1.165) is 16.9 Å². The third-order valence-electron chi connectivity index (χ3n) is 2.93. The Morgan fingerprint density at radius 1 is 1.32 bits per heavy atom. The Morgan fingerprint density at radius 2 is 1.84 bits per heavy atom. The van der Waals surface area contributed by atoms with Crippen molar-refractivity contribution in [2.45, 2.75) is 45.8 Å². The minimum absolute atomic E-state index is 0.395. The van der Waals surface area contributed by atoms with Crippen molar-refractivity contribution < 1.29 is 14.6 Å². The second kappa shape index (κ2) is 6.06. The predicted molar refractivity (Wildman–Crippen MR) is 75.7 cm³/mol. The van der Waals surface area contributed by atoms with Gasteiger partial charge in [0.05, 0.1) is 0 Å². The van der Waals surface area contributed by atoms with Gasteiger partial charge >= 0.3 is 5.97 Å². The molecule has 1 rings (SSSR count). The zero-order chi connectivity index (χ0) is 14.6. The molecule has 0 fully saturated rings. The highest BCUT2D eigenvalue weighted by molar-refractivity contribution is 5.73. The smallest absolute Gasteiger partial charge is 0.320 e. The predicted octanol–water partition coefficient (Wildman–Crippen LogP) is 2.52. The molecule has 0 saturated carbocycles. The van der Waals surface area contributed by atoms with Crippen LogP contribution in [-0.2, 0) is 4.79 Å². The van der Waals surface area contributed by atoms with Crippen LogP contribution in [0.3, 0.4) is 0 Å². The third kappa shape index (κ3) is 4.91. The molecule has 1 aromatic rings. The van der Waals surface area contributed by atoms with Crippen LogP contribution >= 0.6 is 0 Å². The summed E-state index contributed by atoms with van der Waals surface area (Å²) in [6, 6.07) is 5.39. The van der Waals surface area contributed by atoms with Crippen LogP contribution in [0.5, 0.6) is 5.75 Å². The van der Waals surface area contributed by atoms with Crippen LogP contribution in [0.25, 0.3) is 0 Å². The van der Waals surface area contributed by atoms with E-state index in [-0.39, 0.29) is 0 Å². The van der Waals surface area contributed by atoms with Gasteiger partial charge in [-0.15, -0.1) is 0 Å². The first-order chi connectivity index (χ1) is 8.73. The van der Waals surface area contributed by atoms with Gasteiger partial charge in [-0.25, -0.2) is 0 Å². The average Bonchev–Trinajstić information content (AvgIpc) is 2.23. The topological polar surface area (TPSA) is 58.6 Å². The molecule has 0 aliphatic carbocycles. The van der Waals surface area contributed by atoms with Gasteiger partial charge in [0.15, 0.2) is 0 Å². The molecule has 4 nitrogen and oxygen atoms in total. The number of hydrogen-bond acceptors (Lipinski definition) is 3. The van der Waals surface area contributed by atoms with Crippen LogP contribution in [0.2, 0.25) is 0 Å². The van der Waals surface area contributed by atoms with E-state index in [0.29, 0.717) is 6.42 Å². The van der Waals surface area contributed by atoms with Gasteiger partial charge in [0, 0.05) is 6.42 Å². The summed E-state index contributed by atoms with van der Waals surface area (Å²) in [4.78, 5) is 11.1. The Bertz CT molecular complexity index is 434. The largest absolute Gasteiger partial charge is 0.488 e. The number of likely N-dealkylation sites (N-methyl/N-ethyl adjacent to an activating group) is 1. The molecule has 0 bridgehead atoms. The van der Waals surface area contributed by atoms with Crippen molar-refractivity contribution in [2.75, 3.05) is 7.05 Å². The lowest BCUT2D eigenvalue weighted by molar-refractivity contribution is -0.140. The van der Waals surface area contributed by atoms with Gasteiger partial charge in [-0.05, 0) is 58.0 Å². The van der Waals surface area contributed by atoms with E-state index in [1.165, 1.54) is 0 Å². The lowest BCUT2D eigenvalue weighted by Crippen LogP contribution is -2.43.